The number of hydrogen-bond donors (Lipinski definition) is 0. The van der Waals surface area contributed by atoms with E-state index in [1.165, 1.54) is 12.1 Å². The minimum absolute atomic E-state index is 0.167. The fraction of sp³-hybridized carbons (Fsp3) is 0.296. The van der Waals surface area contributed by atoms with Crippen LogP contribution in [0.2, 0.25) is 0 Å². The fourth-order valence-corrected chi connectivity index (χ4v) is 4.87. The molecule has 7 nitrogen and oxygen atoms in total. The highest BCUT2D eigenvalue weighted by atomic mass is 19.4. The number of pyridine rings is 1. The van der Waals surface area contributed by atoms with Gasteiger partial charge in [-0.1, -0.05) is 29.8 Å². The van der Waals surface area contributed by atoms with Crippen LogP contribution in [0.4, 0.5) is 13.2 Å². The molecule has 0 unspecified atom stereocenters. The SMILES string of the molecule is Cc1cccc(-c2cnccc2C(=O)N2CCO[C@@H]3CN(C(=O)c4ccc(OC(F)(F)F)cc4)C[C@@H]32)c1. The highest BCUT2D eigenvalue weighted by molar-refractivity contribution is 6.01. The lowest BCUT2D eigenvalue weighted by Crippen LogP contribution is -2.53. The third-order valence-corrected chi connectivity index (χ3v) is 6.56. The number of carbonyl (C=O) groups excluding carboxylic acids is 2. The van der Waals surface area contributed by atoms with Crippen molar-refractivity contribution >= 4 is 11.8 Å². The average Bonchev–Trinajstić information content (AvgIpc) is 3.32. The summed E-state index contributed by atoms with van der Waals surface area (Å²) in [5, 5.41) is 0. The van der Waals surface area contributed by atoms with Crippen LogP contribution in [-0.4, -0.2) is 71.3 Å². The van der Waals surface area contributed by atoms with Gasteiger partial charge in [0.05, 0.1) is 24.3 Å². The van der Waals surface area contributed by atoms with Crippen LogP contribution in [0.15, 0.2) is 67.0 Å². The highest BCUT2D eigenvalue weighted by Crippen LogP contribution is 2.30. The second-order valence-corrected chi connectivity index (χ2v) is 9.05. The number of nitrogens with zero attached hydrogens (tertiary/aromatic N) is 3. The smallest absolute Gasteiger partial charge is 0.406 e. The van der Waals surface area contributed by atoms with E-state index in [0.29, 0.717) is 18.7 Å². The van der Waals surface area contributed by atoms with Crippen molar-refractivity contribution in [3.8, 4) is 16.9 Å². The summed E-state index contributed by atoms with van der Waals surface area (Å²) in [5.41, 5.74) is 3.43. The van der Waals surface area contributed by atoms with Crippen LogP contribution < -0.4 is 4.74 Å². The number of amides is 2. The number of halogens is 3. The fourth-order valence-electron chi connectivity index (χ4n) is 4.87. The first-order valence-electron chi connectivity index (χ1n) is 11.8. The number of fused-ring (bicyclic) bond motifs is 1. The third kappa shape index (κ3) is 5.29. The van der Waals surface area contributed by atoms with E-state index >= 15 is 0 Å². The lowest BCUT2D eigenvalue weighted by Gasteiger charge is -2.37. The van der Waals surface area contributed by atoms with Gasteiger partial charge >= 0.3 is 6.36 Å². The molecule has 3 heterocycles. The first-order chi connectivity index (χ1) is 17.7. The highest BCUT2D eigenvalue weighted by Gasteiger charge is 2.44. The summed E-state index contributed by atoms with van der Waals surface area (Å²) in [4.78, 5) is 34.4. The van der Waals surface area contributed by atoms with Crippen LogP contribution in [0.1, 0.15) is 26.3 Å². The van der Waals surface area contributed by atoms with Crippen LogP contribution in [0.25, 0.3) is 11.1 Å². The maximum absolute atomic E-state index is 13.8. The van der Waals surface area contributed by atoms with Gasteiger partial charge in [0.15, 0.2) is 0 Å². The van der Waals surface area contributed by atoms with Crippen molar-refractivity contribution < 1.29 is 32.2 Å². The van der Waals surface area contributed by atoms with Crippen molar-refractivity contribution in [3.63, 3.8) is 0 Å². The third-order valence-electron chi connectivity index (χ3n) is 6.56. The first kappa shape index (κ1) is 24.8. The summed E-state index contributed by atoms with van der Waals surface area (Å²) in [6, 6.07) is 14.0. The van der Waals surface area contributed by atoms with Gasteiger partial charge in [-0.05, 0) is 42.8 Å². The average molecular weight is 512 g/mol. The normalized spacial score (nSPS) is 19.5. The minimum atomic E-state index is -4.81. The van der Waals surface area contributed by atoms with Gasteiger partial charge in [-0.25, -0.2) is 0 Å². The summed E-state index contributed by atoms with van der Waals surface area (Å²) < 4.78 is 47.1. The Labute approximate surface area is 211 Å². The molecule has 192 valence electrons. The van der Waals surface area contributed by atoms with E-state index in [0.717, 1.165) is 28.8 Å². The summed E-state index contributed by atoms with van der Waals surface area (Å²) in [6.45, 7) is 3.22. The Morgan fingerprint density at radius 1 is 1.05 bits per heavy atom. The van der Waals surface area contributed by atoms with Gasteiger partial charge in [0, 0.05) is 43.2 Å². The number of aryl methyl sites for hydroxylation is 1. The second kappa shape index (κ2) is 9.85. The van der Waals surface area contributed by atoms with Gasteiger partial charge < -0.3 is 19.3 Å². The Kier molecular flexibility index (Phi) is 6.59. The number of rotatable bonds is 4. The van der Waals surface area contributed by atoms with Crippen molar-refractivity contribution in [2.45, 2.75) is 25.4 Å². The molecule has 10 heteroatoms. The summed E-state index contributed by atoms with van der Waals surface area (Å²) in [6.07, 6.45) is -1.91. The van der Waals surface area contributed by atoms with Crippen molar-refractivity contribution in [3.05, 3.63) is 83.7 Å². The van der Waals surface area contributed by atoms with Gasteiger partial charge in [-0.3, -0.25) is 14.6 Å². The molecule has 0 saturated carbocycles. The van der Waals surface area contributed by atoms with E-state index in [9.17, 15) is 22.8 Å². The molecule has 2 aliphatic heterocycles. The molecule has 3 aromatic rings. The van der Waals surface area contributed by atoms with Gasteiger partial charge in [0.2, 0.25) is 0 Å². The van der Waals surface area contributed by atoms with Crippen molar-refractivity contribution in [2.75, 3.05) is 26.2 Å². The van der Waals surface area contributed by atoms with Crippen LogP contribution in [0, 0.1) is 6.92 Å². The minimum Gasteiger partial charge on any atom is -0.406 e. The van der Waals surface area contributed by atoms with E-state index in [1.54, 1.807) is 28.3 Å². The molecule has 2 amide bonds. The van der Waals surface area contributed by atoms with Gasteiger partial charge in [-0.2, -0.15) is 0 Å². The number of likely N-dealkylation sites (tertiary alicyclic amines) is 1. The molecular weight excluding hydrogens is 487 g/mol. The van der Waals surface area contributed by atoms with E-state index in [1.807, 2.05) is 31.2 Å². The molecule has 37 heavy (non-hydrogen) atoms. The molecule has 0 bridgehead atoms. The number of ether oxygens (including phenoxy) is 2. The zero-order valence-corrected chi connectivity index (χ0v) is 19.9. The molecule has 2 fully saturated rings. The Bertz CT molecular complexity index is 1310. The lowest BCUT2D eigenvalue weighted by molar-refractivity contribution is -0.274. The van der Waals surface area contributed by atoms with Gasteiger partial charge in [0.1, 0.15) is 5.75 Å². The van der Waals surface area contributed by atoms with E-state index in [2.05, 4.69) is 9.72 Å². The molecular formula is C27H24F3N3O4. The molecule has 0 N–H and O–H groups in total. The molecule has 0 spiro atoms. The van der Waals surface area contributed by atoms with E-state index < -0.39 is 12.1 Å². The van der Waals surface area contributed by atoms with Gasteiger partial charge in [-0.15, -0.1) is 13.2 Å². The zero-order chi connectivity index (χ0) is 26.2. The molecule has 2 atom stereocenters. The van der Waals surface area contributed by atoms with E-state index in [-0.39, 0.29) is 42.6 Å². The molecule has 0 aliphatic carbocycles. The summed E-state index contributed by atoms with van der Waals surface area (Å²) >= 11 is 0. The predicted octanol–water partition coefficient (Wildman–Crippen LogP) is 4.32. The number of morpholine rings is 1. The Morgan fingerprint density at radius 3 is 2.57 bits per heavy atom. The second-order valence-electron chi connectivity index (χ2n) is 9.05. The standard InChI is InChI=1S/C27H24F3N3O4/c1-17-3-2-4-19(13-17)22-14-31-10-9-21(22)26(35)33-11-12-36-24-16-32(15-23(24)33)25(34)18-5-7-20(8-6-18)37-27(28,29)30/h2-10,13-14,23-24H,11-12,15-16H2,1H3/t23-,24+/m0/s1. The number of benzene rings is 2. The van der Waals surface area contributed by atoms with Crippen LogP contribution in [0.5, 0.6) is 5.75 Å². The summed E-state index contributed by atoms with van der Waals surface area (Å²) in [7, 11) is 0. The summed E-state index contributed by atoms with van der Waals surface area (Å²) in [5.74, 6) is -0.922. The van der Waals surface area contributed by atoms with E-state index in [4.69, 9.17) is 4.74 Å². The molecule has 2 saturated heterocycles. The monoisotopic (exact) mass is 511 g/mol. The maximum Gasteiger partial charge on any atom is 0.573 e. The van der Waals surface area contributed by atoms with Crippen LogP contribution in [0.3, 0.4) is 0 Å². The lowest BCUT2D eigenvalue weighted by atomic mass is 9.98. The maximum atomic E-state index is 13.8. The molecule has 2 aromatic carbocycles. The van der Waals surface area contributed by atoms with Crippen molar-refractivity contribution in [1.82, 2.24) is 14.8 Å². The molecule has 0 radical (unpaired) electrons. The molecule has 5 rings (SSSR count). The first-order valence-corrected chi connectivity index (χ1v) is 11.8. The van der Waals surface area contributed by atoms with Crippen molar-refractivity contribution in [2.24, 2.45) is 0 Å². The number of carbonyl (C=O) groups is 2. The predicted molar refractivity (Wildman–Crippen MR) is 128 cm³/mol. The van der Waals surface area contributed by atoms with Crippen molar-refractivity contribution in [1.29, 1.82) is 0 Å². The van der Waals surface area contributed by atoms with Gasteiger partial charge in [0.25, 0.3) is 11.8 Å². The number of aromatic nitrogens is 1. The topological polar surface area (TPSA) is 72.0 Å². The number of alkyl halides is 3. The van der Waals surface area contributed by atoms with Crippen LogP contribution in [-0.2, 0) is 4.74 Å². The van der Waals surface area contributed by atoms with Crippen LogP contribution >= 0.6 is 0 Å². The Morgan fingerprint density at radius 2 is 1.84 bits per heavy atom. The largest absolute Gasteiger partial charge is 0.573 e. The Balaban J connectivity index is 1.34. The Hall–Kier alpha value is -3.92. The zero-order valence-electron chi connectivity index (χ0n) is 19.9. The quantitative estimate of drug-likeness (QED) is 0.522. The number of hydrogen-bond acceptors (Lipinski definition) is 5. The molecule has 1 aromatic heterocycles. The molecule has 2 aliphatic rings.